The van der Waals surface area contributed by atoms with Gasteiger partial charge in [-0.3, -0.25) is 4.90 Å². The molecular formula is C30H32N2O4. The first-order valence-electron chi connectivity index (χ1n) is 12.4. The van der Waals surface area contributed by atoms with E-state index in [9.17, 15) is 0 Å². The highest BCUT2D eigenvalue weighted by atomic mass is 16.4. The van der Waals surface area contributed by atoms with Crippen LogP contribution in [0.4, 0.5) is 0 Å². The normalized spacial score (nSPS) is 15.7. The molecule has 1 saturated heterocycles. The minimum absolute atomic E-state index is 0.615. The Morgan fingerprint density at radius 3 is 2.17 bits per heavy atom. The van der Waals surface area contributed by atoms with E-state index in [4.69, 9.17) is 19.8 Å². The average Bonchev–Trinajstić information content (AvgIpc) is 3.28. The maximum Gasteiger partial charge on any atom is 0.414 e. The average molecular weight is 485 g/mol. The summed E-state index contributed by atoms with van der Waals surface area (Å²) in [7, 11) is 0. The lowest BCUT2D eigenvalue weighted by molar-refractivity contribution is -0.159. The number of nitrogens with zero attached hydrogens (tertiary/aromatic N) is 1. The Balaban J connectivity index is 0.000000455. The standard InChI is InChI=1S/C28H30N2.C2H2O4/c1-3-11-22(12-4-1)18-20-30-19-10-9-15-24(30)21-26-25-16-7-8-17-27(25)29-28(26)23-13-5-2-6-14-23;3-1(4)2(5)6/h1-8,11-14,16-17,24,29H,9-10,15,18-21H2;(H,3,4)(H,5,6). The van der Waals surface area contributed by atoms with Gasteiger partial charge < -0.3 is 15.2 Å². The van der Waals surface area contributed by atoms with Gasteiger partial charge >= 0.3 is 11.9 Å². The molecule has 6 nitrogen and oxygen atoms in total. The lowest BCUT2D eigenvalue weighted by Gasteiger charge is -2.36. The van der Waals surface area contributed by atoms with Crippen LogP contribution in [-0.2, 0) is 22.4 Å². The van der Waals surface area contributed by atoms with Gasteiger partial charge in [0, 0.05) is 29.2 Å². The van der Waals surface area contributed by atoms with E-state index in [0.717, 1.165) is 19.4 Å². The number of H-pyrrole nitrogens is 1. The molecule has 186 valence electrons. The summed E-state index contributed by atoms with van der Waals surface area (Å²) in [4.78, 5) is 24.7. The first-order chi connectivity index (χ1) is 17.5. The van der Waals surface area contributed by atoms with Crippen LogP contribution in [0.5, 0.6) is 0 Å². The maximum absolute atomic E-state index is 9.10. The number of fused-ring (bicyclic) bond motifs is 1. The SMILES string of the molecule is O=C(O)C(=O)O.c1ccc(CCN2CCCCC2Cc2c(-c3ccccc3)[nH]c3ccccc23)cc1. The fourth-order valence-corrected chi connectivity index (χ4v) is 5.00. The third-order valence-corrected chi connectivity index (χ3v) is 6.78. The maximum atomic E-state index is 9.10. The second-order valence-corrected chi connectivity index (χ2v) is 9.13. The van der Waals surface area contributed by atoms with Gasteiger partial charge in [0.15, 0.2) is 0 Å². The Morgan fingerprint density at radius 1 is 0.833 bits per heavy atom. The van der Waals surface area contributed by atoms with Crippen molar-refractivity contribution in [3.63, 3.8) is 0 Å². The van der Waals surface area contributed by atoms with E-state index in [2.05, 4.69) is 94.8 Å². The molecular weight excluding hydrogens is 452 g/mol. The number of carbonyl (C=O) groups is 2. The number of aliphatic carboxylic acids is 2. The summed E-state index contributed by atoms with van der Waals surface area (Å²) < 4.78 is 0. The van der Waals surface area contributed by atoms with Gasteiger partial charge in [-0.25, -0.2) is 9.59 Å². The van der Waals surface area contributed by atoms with E-state index < -0.39 is 11.9 Å². The zero-order valence-corrected chi connectivity index (χ0v) is 20.3. The van der Waals surface area contributed by atoms with Gasteiger partial charge in [-0.15, -0.1) is 0 Å². The number of carboxylic acid groups (broad SMARTS) is 2. The minimum Gasteiger partial charge on any atom is -0.473 e. The zero-order chi connectivity index (χ0) is 25.3. The lowest BCUT2D eigenvalue weighted by atomic mass is 9.92. The fourth-order valence-electron chi connectivity index (χ4n) is 5.00. The van der Waals surface area contributed by atoms with Crippen molar-refractivity contribution in [1.82, 2.24) is 9.88 Å². The molecule has 3 N–H and O–H groups in total. The van der Waals surface area contributed by atoms with Gasteiger partial charge in [-0.2, -0.15) is 0 Å². The lowest BCUT2D eigenvalue weighted by Crippen LogP contribution is -2.42. The van der Waals surface area contributed by atoms with Crippen LogP contribution in [0, 0.1) is 0 Å². The van der Waals surface area contributed by atoms with Crippen LogP contribution in [0.2, 0.25) is 0 Å². The molecule has 0 radical (unpaired) electrons. The number of hydrogen-bond donors (Lipinski definition) is 3. The number of hydrogen-bond acceptors (Lipinski definition) is 3. The van der Waals surface area contributed by atoms with Crippen molar-refractivity contribution in [1.29, 1.82) is 0 Å². The number of likely N-dealkylation sites (tertiary alicyclic amines) is 1. The van der Waals surface area contributed by atoms with E-state index in [1.54, 1.807) is 0 Å². The fraction of sp³-hybridized carbons (Fsp3) is 0.267. The third kappa shape index (κ3) is 6.40. The molecule has 0 saturated carbocycles. The zero-order valence-electron chi connectivity index (χ0n) is 20.3. The topological polar surface area (TPSA) is 93.6 Å². The summed E-state index contributed by atoms with van der Waals surface area (Å²) in [5.74, 6) is -3.65. The quantitative estimate of drug-likeness (QED) is 0.308. The summed E-state index contributed by atoms with van der Waals surface area (Å²) in [6.45, 7) is 2.37. The largest absolute Gasteiger partial charge is 0.473 e. The highest BCUT2D eigenvalue weighted by molar-refractivity contribution is 6.27. The first kappa shape index (κ1) is 25.2. The molecule has 5 rings (SSSR count). The summed E-state index contributed by atoms with van der Waals surface area (Å²) in [5.41, 5.74) is 6.76. The smallest absolute Gasteiger partial charge is 0.414 e. The number of rotatable bonds is 6. The molecule has 2 heterocycles. The molecule has 4 aromatic rings. The van der Waals surface area contributed by atoms with Crippen LogP contribution in [0.1, 0.15) is 30.4 Å². The number of aromatic nitrogens is 1. The number of para-hydroxylation sites is 1. The molecule has 1 unspecified atom stereocenters. The molecule has 3 aromatic carbocycles. The predicted octanol–water partition coefficient (Wildman–Crippen LogP) is 5.63. The monoisotopic (exact) mass is 484 g/mol. The van der Waals surface area contributed by atoms with Gasteiger partial charge in [-0.05, 0) is 55.0 Å². The van der Waals surface area contributed by atoms with Gasteiger partial charge in [0.2, 0.25) is 0 Å². The van der Waals surface area contributed by atoms with Crippen molar-refractivity contribution >= 4 is 22.8 Å². The first-order valence-corrected chi connectivity index (χ1v) is 12.4. The molecule has 1 fully saturated rings. The summed E-state index contributed by atoms with van der Waals surface area (Å²) >= 11 is 0. The Hall–Kier alpha value is -3.90. The van der Waals surface area contributed by atoms with Gasteiger partial charge in [0.25, 0.3) is 0 Å². The highest BCUT2D eigenvalue weighted by Gasteiger charge is 2.25. The molecule has 36 heavy (non-hydrogen) atoms. The summed E-state index contributed by atoms with van der Waals surface area (Å²) in [6.07, 6.45) is 6.21. The molecule has 1 aliphatic heterocycles. The molecule has 0 spiro atoms. The molecule has 1 aliphatic rings. The number of nitrogens with one attached hydrogen (secondary N) is 1. The molecule has 0 amide bonds. The number of aromatic amines is 1. The third-order valence-electron chi connectivity index (χ3n) is 6.78. The Labute approximate surface area is 211 Å². The Kier molecular flexibility index (Phi) is 8.53. The Bertz CT molecular complexity index is 1270. The molecule has 1 aromatic heterocycles. The van der Waals surface area contributed by atoms with E-state index in [1.807, 2.05) is 0 Å². The van der Waals surface area contributed by atoms with Crippen LogP contribution in [0.3, 0.4) is 0 Å². The summed E-state index contributed by atoms with van der Waals surface area (Å²) in [6, 6.07) is 31.1. The van der Waals surface area contributed by atoms with E-state index in [0.29, 0.717) is 6.04 Å². The van der Waals surface area contributed by atoms with Gasteiger partial charge in [-0.1, -0.05) is 85.3 Å². The molecule has 1 atom stereocenters. The number of benzene rings is 3. The molecule has 0 bridgehead atoms. The number of carboxylic acids is 2. The van der Waals surface area contributed by atoms with Crippen LogP contribution in [0.15, 0.2) is 84.9 Å². The van der Waals surface area contributed by atoms with E-state index in [1.165, 1.54) is 59.1 Å². The van der Waals surface area contributed by atoms with Crippen molar-refractivity contribution in [2.75, 3.05) is 13.1 Å². The Morgan fingerprint density at radius 2 is 1.47 bits per heavy atom. The van der Waals surface area contributed by atoms with Crippen LogP contribution in [0.25, 0.3) is 22.2 Å². The number of piperidine rings is 1. The van der Waals surface area contributed by atoms with Crippen molar-refractivity contribution in [2.24, 2.45) is 0 Å². The summed E-state index contributed by atoms with van der Waals surface area (Å²) in [5, 5.41) is 16.2. The van der Waals surface area contributed by atoms with E-state index >= 15 is 0 Å². The van der Waals surface area contributed by atoms with Crippen LogP contribution < -0.4 is 0 Å². The van der Waals surface area contributed by atoms with E-state index in [-0.39, 0.29) is 0 Å². The van der Waals surface area contributed by atoms with Crippen LogP contribution in [-0.4, -0.2) is 51.2 Å². The van der Waals surface area contributed by atoms with Gasteiger partial charge in [0.05, 0.1) is 0 Å². The van der Waals surface area contributed by atoms with Crippen LogP contribution >= 0.6 is 0 Å². The van der Waals surface area contributed by atoms with Gasteiger partial charge in [0.1, 0.15) is 0 Å². The molecule has 6 heteroatoms. The second-order valence-electron chi connectivity index (χ2n) is 9.13. The van der Waals surface area contributed by atoms with Crippen molar-refractivity contribution in [2.45, 2.75) is 38.1 Å². The predicted molar refractivity (Wildman–Crippen MR) is 142 cm³/mol. The highest BCUT2D eigenvalue weighted by Crippen LogP contribution is 2.33. The second kappa shape index (κ2) is 12.2. The van der Waals surface area contributed by atoms with Crippen molar-refractivity contribution in [3.05, 3.63) is 96.1 Å². The van der Waals surface area contributed by atoms with Crippen molar-refractivity contribution < 1.29 is 19.8 Å². The minimum atomic E-state index is -1.82. The molecule has 0 aliphatic carbocycles. The van der Waals surface area contributed by atoms with Crippen molar-refractivity contribution in [3.8, 4) is 11.3 Å².